The van der Waals surface area contributed by atoms with Gasteiger partial charge in [0.2, 0.25) is 0 Å². The minimum Gasteiger partial charge on any atom is -0.481 e. The van der Waals surface area contributed by atoms with Crippen LogP contribution in [0.15, 0.2) is 0 Å². The number of hydrogen-bond acceptors (Lipinski definition) is 4. The van der Waals surface area contributed by atoms with Crippen LogP contribution in [0, 0.1) is 11.3 Å². The Labute approximate surface area is 320 Å². The van der Waals surface area contributed by atoms with Gasteiger partial charge < -0.3 is 20.4 Å². The second-order valence-electron chi connectivity index (χ2n) is 16.2. The Kier molecular flexibility index (Phi) is 32.8. The third-order valence-electron chi connectivity index (χ3n) is 11.8. The molecule has 52 heavy (non-hydrogen) atoms. The minimum absolute atomic E-state index is 0.0258. The molecule has 0 bridgehead atoms. The van der Waals surface area contributed by atoms with Gasteiger partial charge in [-0.1, -0.05) is 233 Å². The van der Waals surface area contributed by atoms with Gasteiger partial charge in [0, 0.05) is 0 Å². The molecule has 7 heteroatoms. The van der Waals surface area contributed by atoms with Gasteiger partial charge in [-0.15, -0.1) is 0 Å². The zero-order chi connectivity index (χ0) is 38.8. The van der Waals surface area contributed by atoms with Gasteiger partial charge in [-0.3, -0.25) is 9.59 Å². The molecule has 0 aliphatic heterocycles. The van der Waals surface area contributed by atoms with Crippen LogP contribution in [0.5, 0.6) is 0 Å². The molecule has 0 saturated carbocycles. The molecule has 0 amide bonds. The summed E-state index contributed by atoms with van der Waals surface area (Å²) < 4.78 is 0. The topological polar surface area (TPSA) is 132 Å². The van der Waals surface area contributed by atoms with Crippen molar-refractivity contribution >= 4 is 17.9 Å². The van der Waals surface area contributed by atoms with Gasteiger partial charge in [0.15, 0.2) is 5.60 Å². The highest BCUT2D eigenvalue weighted by molar-refractivity contribution is 5.93. The van der Waals surface area contributed by atoms with Gasteiger partial charge in [0.05, 0.1) is 5.92 Å². The zero-order valence-corrected chi connectivity index (χ0v) is 34.5. The summed E-state index contributed by atoms with van der Waals surface area (Å²) in [6.45, 7) is 6.65. The van der Waals surface area contributed by atoms with Crippen LogP contribution in [0.3, 0.4) is 0 Å². The quantitative estimate of drug-likeness (QED) is 0.0459. The molecule has 0 spiro atoms. The van der Waals surface area contributed by atoms with Crippen molar-refractivity contribution in [3.63, 3.8) is 0 Å². The first-order valence-corrected chi connectivity index (χ1v) is 22.6. The second-order valence-corrected chi connectivity index (χ2v) is 16.2. The lowest BCUT2D eigenvalue weighted by Crippen LogP contribution is -2.64. The van der Waals surface area contributed by atoms with Crippen molar-refractivity contribution in [2.24, 2.45) is 11.3 Å². The van der Waals surface area contributed by atoms with Crippen LogP contribution in [0.4, 0.5) is 0 Å². The average Bonchev–Trinajstić information content (AvgIpc) is 3.11. The highest BCUT2D eigenvalue weighted by atomic mass is 16.4. The molecule has 0 saturated heterocycles. The van der Waals surface area contributed by atoms with Gasteiger partial charge in [-0.25, -0.2) is 4.79 Å². The molecule has 7 nitrogen and oxygen atoms in total. The van der Waals surface area contributed by atoms with E-state index < -0.39 is 34.8 Å². The second kappa shape index (κ2) is 33.9. The van der Waals surface area contributed by atoms with Crippen molar-refractivity contribution in [3.8, 4) is 0 Å². The Morgan fingerprint density at radius 3 is 0.865 bits per heavy atom. The van der Waals surface area contributed by atoms with Crippen LogP contribution in [-0.2, 0) is 14.4 Å². The molecule has 0 aliphatic rings. The highest BCUT2D eigenvalue weighted by Gasteiger charge is 2.65. The molecule has 0 aliphatic carbocycles. The minimum atomic E-state index is -2.89. The molecular formula is C45H86O7. The number of carbonyl (C=O) groups is 3. The van der Waals surface area contributed by atoms with Crippen molar-refractivity contribution in [2.45, 2.75) is 258 Å². The summed E-state index contributed by atoms with van der Waals surface area (Å²) in [4.78, 5) is 39.1. The van der Waals surface area contributed by atoms with Gasteiger partial charge in [0.25, 0.3) is 0 Å². The fraction of sp³-hybridized carbons (Fsp3) is 0.933. The maximum atomic E-state index is 13.3. The lowest BCUT2D eigenvalue weighted by molar-refractivity contribution is -0.207. The molecule has 2 unspecified atom stereocenters. The van der Waals surface area contributed by atoms with Crippen molar-refractivity contribution < 1.29 is 34.8 Å². The van der Waals surface area contributed by atoms with E-state index in [1.165, 1.54) is 116 Å². The summed E-state index contributed by atoms with van der Waals surface area (Å²) in [5.41, 5.74) is -4.95. The molecule has 0 aromatic carbocycles. The molecule has 0 aromatic rings. The van der Waals surface area contributed by atoms with E-state index in [1.54, 1.807) is 0 Å². The lowest BCUT2D eigenvalue weighted by Gasteiger charge is -2.45. The number of aliphatic hydroxyl groups is 1. The predicted molar refractivity (Wildman–Crippen MR) is 217 cm³/mol. The van der Waals surface area contributed by atoms with E-state index in [4.69, 9.17) is 0 Å². The predicted octanol–water partition coefficient (Wildman–Crippen LogP) is 13.7. The third kappa shape index (κ3) is 21.9. The summed E-state index contributed by atoms with van der Waals surface area (Å²) in [5, 5.41) is 43.9. The number of carboxylic acid groups (broad SMARTS) is 3. The van der Waals surface area contributed by atoms with Gasteiger partial charge in [-0.2, -0.15) is 0 Å². The first-order chi connectivity index (χ1) is 25.2. The summed E-state index contributed by atoms with van der Waals surface area (Å²) >= 11 is 0. The zero-order valence-electron chi connectivity index (χ0n) is 34.5. The van der Waals surface area contributed by atoms with Crippen molar-refractivity contribution in [1.29, 1.82) is 0 Å². The summed E-state index contributed by atoms with van der Waals surface area (Å²) in [7, 11) is 0. The van der Waals surface area contributed by atoms with Crippen LogP contribution in [-0.4, -0.2) is 43.9 Å². The van der Waals surface area contributed by atoms with E-state index in [2.05, 4.69) is 20.8 Å². The van der Waals surface area contributed by atoms with Crippen LogP contribution in [0.1, 0.15) is 252 Å². The average molecular weight is 739 g/mol. The molecule has 308 valence electrons. The fourth-order valence-electron chi connectivity index (χ4n) is 8.28. The maximum absolute atomic E-state index is 13.3. The number of aliphatic carboxylic acids is 3. The standard InChI is InChI=1S/C45H86O7/c1-4-7-10-13-16-19-22-25-28-31-34-37-40(41(46)47)45(52,43(50)51)44(42(48)49,38-35-32-29-26-23-20-17-14-11-8-5-2)39-36-33-30-27-24-21-18-15-12-9-6-3/h40,52H,4-39H2,1-3H3,(H,46,47)(H,48,49)(H,50,51). The van der Waals surface area contributed by atoms with Gasteiger partial charge in [-0.05, 0) is 19.3 Å². The number of rotatable bonds is 41. The first kappa shape index (κ1) is 50.4. The van der Waals surface area contributed by atoms with Crippen LogP contribution < -0.4 is 0 Å². The normalized spacial score (nSPS) is 13.6. The number of hydrogen-bond donors (Lipinski definition) is 4. The molecule has 0 radical (unpaired) electrons. The molecule has 2 atom stereocenters. The molecule has 0 aromatic heterocycles. The fourth-order valence-corrected chi connectivity index (χ4v) is 8.28. The highest BCUT2D eigenvalue weighted by Crippen LogP contribution is 2.48. The number of unbranched alkanes of at least 4 members (excludes halogenated alkanes) is 30. The van der Waals surface area contributed by atoms with E-state index in [1.807, 2.05) is 0 Å². The lowest BCUT2D eigenvalue weighted by atomic mass is 9.59. The number of carboxylic acids is 3. The maximum Gasteiger partial charge on any atom is 0.337 e. The molecular weight excluding hydrogens is 652 g/mol. The van der Waals surface area contributed by atoms with E-state index in [-0.39, 0.29) is 19.3 Å². The molecule has 0 fully saturated rings. The Hall–Kier alpha value is -1.63. The Bertz CT molecular complexity index is 833. The Morgan fingerprint density at radius 1 is 0.385 bits per heavy atom. The molecule has 0 rings (SSSR count). The van der Waals surface area contributed by atoms with Crippen molar-refractivity contribution in [3.05, 3.63) is 0 Å². The van der Waals surface area contributed by atoms with Gasteiger partial charge >= 0.3 is 17.9 Å². The largest absolute Gasteiger partial charge is 0.481 e. The van der Waals surface area contributed by atoms with Crippen LogP contribution >= 0.6 is 0 Å². The summed E-state index contributed by atoms with van der Waals surface area (Å²) in [5.74, 6) is -6.18. The van der Waals surface area contributed by atoms with Gasteiger partial charge in [0.1, 0.15) is 5.41 Å². The first-order valence-electron chi connectivity index (χ1n) is 22.6. The summed E-state index contributed by atoms with van der Waals surface area (Å²) in [6.07, 6.45) is 35.4. The third-order valence-corrected chi connectivity index (χ3v) is 11.8. The van der Waals surface area contributed by atoms with Crippen molar-refractivity contribution in [1.82, 2.24) is 0 Å². The van der Waals surface area contributed by atoms with E-state index in [0.717, 1.165) is 77.0 Å². The van der Waals surface area contributed by atoms with E-state index in [9.17, 15) is 34.8 Å². The van der Waals surface area contributed by atoms with E-state index >= 15 is 0 Å². The Balaban J connectivity index is 5.48. The monoisotopic (exact) mass is 739 g/mol. The van der Waals surface area contributed by atoms with E-state index in [0.29, 0.717) is 19.3 Å². The smallest absolute Gasteiger partial charge is 0.337 e. The SMILES string of the molecule is CCCCCCCCCCCCCC(C(=O)O)C(O)(C(=O)O)C(CCCCCCCCCCCCC)(CCCCCCCCCCCCC)C(=O)O. The molecule has 4 N–H and O–H groups in total. The Morgan fingerprint density at radius 2 is 0.635 bits per heavy atom. The van der Waals surface area contributed by atoms with Crippen LogP contribution in [0.2, 0.25) is 0 Å². The van der Waals surface area contributed by atoms with Crippen LogP contribution in [0.25, 0.3) is 0 Å². The summed E-state index contributed by atoms with van der Waals surface area (Å²) in [6, 6.07) is 0. The van der Waals surface area contributed by atoms with Crippen molar-refractivity contribution in [2.75, 3.05) is 0 Å². The molecule has 0 heterocycles.